The van der Waals surface area contributed by atoms with Crippen LogP contribution in [-0.2, 0) is 14.3 Å². The summed E-state index contributed by atoms with van der Waals surface area (Å²) in [5.74, 6) is -1.21. The average Bonchev–Trinajstić information content (AvgIpc) is 2.70. The zero-order valence-corrected chi connectivity index (χ0v) is 13.7. The Hall–Kier alpha value is -2.55. The van der Waals surface area contributed by atoms with Crippen molar-refractivity contribution in [1.29, 1.82) is 5.26 Å². The molecule has 22 heavy (non-hydrogen) atoms. The molecule has 1 heterocycles. The third-order valence-electron chi connectivity index (χ3n) is 3.02. The Morgan fingerprint density at radius 3 is 2.27 bits per heavy atom. The van der Waals surface area contributed by atoms with Crippen molar-refractivity contribution < 1.29 is 19.1 Å². The predicted molar refractivity (Wildman–Crippen MR) is 81.0 cm³/mol. The van der Waals surface area contributed by atoms with E-state index in [-0.39, 0.29) is 5.57 Å². The van der Waals surface area contributed by atoms with Gasteiger partial charge in [0.1, 0.15) is 22.9 Å². The van der Waals surface area contributed by atoms with E-state index in [1.54, 1.807) is 40.7 Å². The summed E-state index contributed by atoms with van der Waals surface area (Å²) in [7, 11) is 1.20. The van der Waals surface area contributed by atoms with Gasteiger partial charge in [-0.2, -0.15) is 5.26 Å². The van der Waals surface area contributed by atoms with Crippen molar-refractivity contribution in [2.75, 3.05) is 7.11 Å². The largest absolute Gasteiger partial charge is 0.465 e. The Bertz CT molecular complexity index is 670. The molecule has 1 rings (SSSR count). The highest BCUT2D eigenvalue weighted by Gasteiger charge is 2.23. The Balaban J connectivity index is 3.25. The number of aromatic amines is 1. The van der Waals surface area contributed by atoms with Crippen LogP contribution in [0.4, 0.5) is 0 Å². The van der Waals surface area contributed by atoms with E-state index in [9.17, 15) is 9.59 Å². The maximum atomic E-state index is 12.2. The van der Waals surface area contributed by atoms with E-state index in [4.69, 9.17) is 10.00 Å². The van der Waals surface area contributed by atoms with E-state index in [0.29, 0.717) is 17.0 Å². The van der Waals surface area contributed by atoms with Gasteiger partial charge in [-0.25, -0.2) is 9.59 Å². The highest BCUT2D eigenvalue weighted by atomic mass is 16.6. The lowest BCUT2D eigenvalue weighted by atomic mass is 10.1. The molecule has 0 bridgehead atoms. The van der Waals surface area contributed by atoms with Crippen molar-refractivity contribution in [2.24, 2.45) is 0 Å². The molecule has 0 aromatic carbocycles. The molecule has 0 amide bonds. The third-order valence-corrected chi connectivity index (χ3v) is 3.02. The molecule has 0 saturated heterocycles. The van der Waals surface area contributed by atoms with Crippen molar-refractivity contribution in [3.05, 3.63) is 28.1 Å². The van der Waals surface area contributed by atoms with Gasteiger partial charge in [0.25, 0.3) is 0 Å². The van der Waals surface area contributed by atoms with Crippen LogP contribution in [0.2, 0.25) is 0 Å². The van der Waals surface area contributed by atoms with E-state index < -0.39 is 17.5 Å². The molecule has 0 aliphatic heterocycles. The first-order chi connectivity index (χ1) is 10.1. The smallest absolute Gasteiger partial charge is 0.355 e. The molecule has 6 heteroatoms. The van der Waals surface area contributed by atoms with Crippen molar-refractivity contribution in [1.82, 2.24) is 4.98 Å². The van der Waals surface area contributed by atoms with Gasteiger partial charge < -0.3 is 14.5 Å². The number of ether oxygens (including phenoxy) is 2. The number of nitrogens with zero attached hydrogens (tertiary/aromatic N) is 1. The molecule has 1 N–H and O–H groups in total. The Morgan fingerprint density at radius 2 is 1.82 bits per heavy atom. The number of hydrogen-bond acceptors (Lipinski definition) is 5. The van der Waals surface area contributed by atoms with Crippen LogP contribution >= 0.6 is 0 Å². The fourth-order valence-corrected chi connectivity index (χ4v) is 1.78. The topological polar surface area (TPSA) is 92.2 Å². The quantitative estimate of drug-likeness (QED) is 0.526. The normalized spacial score (nSPS) is 11.8. The Kier molecular flexibility index (Phi) is 5.15. The first-order valence-electron chi connectivity index (χ1n) is 6.73. The van der Waals surface area contributed by atoms with Gasteiger partial charge in [0.05, 0.1) is 7.11 Å². The monoisotopic (exact) mass is 304 g/mol. The molecule has 0 radical (unpaired) electrons. The molecule has 1 aromatic heterocycles. The third kappa shape index (κ3) is 3.98. The summed E-state index contributed by atoms with van der Waals surface area (Å²) in [6.45, 7) is 8.90. The number of H-pyrrole nitrogens is 1. The van der Waals surface area contributed by atoms with E-state index >= 15 is 0 Å². The number of esters is 2. The van der Waals surface area contributed by atoms with Gasteiger partial charge in [-0.3, -0.25) is 0 Å². The van der Waals surface area contributed by atoms with Gasteiger partial charge in [0.2, 0.25) is 0 Å². The number of nitriles is 1. The van der Waals surface area contributed by atoms with Crippen molar-refractivity contribution in [3.63, 3.8) is 0 Å². The molecule has 0 fully saturated rings. The Morgan fingerprint density at radius 1 is 1.23 bits per heavy atom. The van der Waals surface area contributed by atoms with Gasteiger partial charge in [-0.05, 0) is 51.8 Å². The number of carbonyl (C=O) groups excluding carboxylic acids is 2. The SMILES string of the molecule is COC(=O)/C(C#N)=C/c1[nH]c(C(=O)OC(C)(C)C)c(C)c1C. The molecular weight excluding hydrogens is 284 g/mol. The number of aromatic nitrogens is 1. The molecule has 0 saturated carbocycles. The minimum atomic E-state index is -0.729. The van der Waals surface area contributed by atoms with Gasteiger partial charge in [-0.15, -0.1) is 0 Å². The van der Waals surface area contributed by atoms with Gasteiger partial charge in [0.15, 0.2) is 0 Å². The fraction of sp³-hybridized carbons (Fsp3) is 0.438. The van der Waals surface area contributed by atoms with Gasteiger partial charge in [-0.1, -0.05) is 0 Å². The van der Waals surface area contributed by atoms with Crippen molar-refractivity contribution in [2.45, 2.75) is 40.2 Å². The average molecular weight is 304 g/mol. The molecule has 0 aliphatic carbocycles. The maximum Gasteiger partial charge on any atom is 0.355 e. The van der Waals surface area contributed by atoms with Gasteiger partial charge >= 0.3 is 11.9 Å². The van der Waals surface area contributed by atoms with Gasteiger partial charge in [0, 0.05) is 5.69 Å². The summed E-state index contributed by atoms with van der Waals surface area (Å²) in [5, 5.41) is 8.99. The highest BCUT2D eigenvalue weighted by molar-refractivity contribution is 5.98. The van der Waals surface area contributed by atoms with Crippen molar-refractivity contribution in [3.8, 4) is 6.07 Å². The number of carbonyl (C=O) groups is 2. The van der Waals surface area contributed by atoms with Crippen LogP contribution in [0.25, 0.3) is 6.08 Å². The number of methoxy groups -OCH3 is 1. The van der Waals surface area contributed by atoms with Crippen molar-refractivity contribution >= 4 is 18.0 Å². The second-order valence-corrected chi connectivity index (χ2v) is 5.83. The van der Waals surface area contributed by atoms with Crippen LogP contribution in [0.15, 0.2) is 5.57 Å². The second kappa shape index (κ2) is 6.48. The lowest BCUT2D eigenvalue weighted by Gasteiger charge is -2.19. The molecule has 0 atom stereocenters. The van der Waals surface area contributed by atoms with Crippen LogP contribution in [-0.4, -0.2) is 29.6 Å². The molecule has 0 aliphatic rings. The molecular formula is C16H20N2O4. The van der Waals surface area contributed by atoms with Crippen LogP contribution in [0.5, 0.6) is 0 Å². The maximum absolute atomic E-state index is 12.2. The first-order valence-corrected chi connectivity index (χ1v) is 6.73. The molecule has 118 valence electrons. The van der Waals surface area contributed by atoms with Crippen LogP contribution in [0, 0.1) is 25.2 Å². The zero-order chi connectivity index (χ0) is 17.1. The summed E-state index contributed by atoms with van der Waals surface area (Å²) in [6, 6.07) is 1.78. The van der Waals surface area contributed by atoms with Crippen LogP contribution < -0.4 is 0 Å². The standard InChI is InChI=1S/C16H20N2O4/c1-9-10(2)13(15(20)22-16(3,4)5)18-12(9)7-11(8-17)14(19)21-6/h7,18H,1-6H3/b11-7+. The lowest BCUT2D eigenvalue weighted by molar-refractivity contribution is -0.135. The van der Waals surface area contributed by atoms with E-state index in [2.05, 4.69) is 9.72 Å². The molecule has 6 nitrogen and oxygen atoms in total. The van der Waals surface area contributed by atoms with E-state index in [1.165, 1.54) is 13.2 Å². The lowest BCUT2D eigenvalue weighted by Crippen LogP contribution is -2.24. The molecule has 1 aromatic rings. The van der Waals surface area contributed by atoms with E-state index in [0.717, 1.165) is 5.56 Å². The highest BCUT2D eigenvalue weighted by Crippen LogP contribution is 2.22. The number of nitrogens with one attached hydrogen (secondary N) is 1. The van der Waals surface area contributed by atoms with Crippen LogP contribution in [0.3, 0.4) is 0 Å². The van der Waals surface area contributed by atoms with E-state index in [1.807, 2.05) is 0 Å². The molecule has 0 spiro atoms. The summed E-state index contributed by atoms with van der Waals surface area (Å²) in [5.41, 5.74) is 1.52. The first kappa shape index (κ1) is 17.5. The minimum Gasteiger partial charge on any atom is -0.465 e. The summed E-state index contributed by atoms with van der Waals surface area (Å²) in [6.07, 6.45) is 1.36. The number of hydrogen-bond donors (Lipinski definition) is 1. The fourth-order valence-electron chi connectivity index (χ4n) is 1.78. The summed E-state index contributed by atoms with van der Waals surface area (Å²) < 4.78 is 9.86. The summed E-state index contributed by atoms with van der Waals surface area (Å²) >= 11 is 0. The minimum absolute atomic E-state index is 0.150. The predicted octanol–water partition coefficient (Wildman–Crippen LogP) is 2.67. The second-order valence-electron chi connectivity index (χ2n) is 5.83. The molecule has 0 unspecified atom stereocenters. The summed E-state index contributed by atoms with van der Waals surface area (Å²) in [4.78, 5) is 26.5. The van der Waals surface area contributed by atoms with Crippen LogP contribution in [0.1, 0.15) is 48.1 Å². The zero-order valence-electron chi connectivity index (χ0n) is 13.7. The Labute approximate surface area is 129 Å². The number of rotatable bonds is 3.